The average Bonchev–Trinajstić information content (AvgIpc) is 3.36. The molecule has 1 aliphatic heterocycles. The van der Waals surface area contributed by atoms with E-state index in [0.717, 1.165) is 6.54 Å². The van der Waals surface area contributed by atoms with E-state index in [2.05, 4.69) is 11.8 Å². The molecule has 6 fully saturated rings. The number of hydrogen-bond donors (Lipinski definition) is 3. The summed E-state index contributed by atoms with van der Waals surface area (Å²) in [6, 6.07) is 6.66. The quantitative estimate of drug-likeness (QED) is 0.342. The first-order chi connectivity index (χ1) is 21.1. The highest BCUT2D eigenvalue weighted by atomic mass is 16.6. The first-order valence-electron chi connectivity index (χ1n) is 15.9. The molecule has 7 bridgehead atoms. The van der Waals surface area contributed by atoms with E-state index in [1.54, 1.807) is 52.7 Å². The van der Waals surface area contributed by atoms with Gasteiger partial charge in [0.1, 0.15) is 23.6 Å². The van der Waals surface area contributed by atoms with Crippen molar-refractivity contribution in [1.82, 2.24) is 4.90 Å². The third-order valence-electron chi connectivity index (χ3n) is 13.1. The molecule has 1 aromatic rings. The number of fused-ring (bicyclic) bond motifs is 2. The normalized spacial score (nSPS) is 50.0. The predicted octanol–water partition coefficient (Wildman–Crippen LogP) is 0.971. The van der Waals surface area contributed by atoms with Gasteiger partial charge in [-0.05, 0) is 43.1 Å². The van der Waals surface area contributed by atoms with Crippen LogP contribution in [0.4, 0.5) is 0 Å². The van der Waals surface area contributed by atoms with Gasteiger partial charge in [-0.2, -0.15) is 0 Å². The Bertz CT molecular complexity index is 1260. The molecule has 7 rings (SSSR count). The van der Waals surface area contributed by atoms with Crippen molar-refractivity contribution in [1.29, 1.82) is 0 Å². The van der Waals surface area contributed by atoms with Crippen molar-refractivity contribution in [2.75, 3.05) is 55.2 Å². The molecule has 3 N–H and O–H groups in total. The van der Waals surface area contributed by atoms with Gasteiger partial charge in [-0.25, -0.2) is 4.79 Å². The highest BCUT2D eigenvalue weighted by molar-refractivity contribution is 5.89. The maximum Gasteiger partial charge on any atom is 0.338 e. The fraction of sp³-hybridized carbons (Fsp3) is 0.788. The predicted molar refractivity (Wildman–Crippen MR) is 156 cm³/mol. The van der Waals surface area contributed by atoms with E-state index in [0.29, 0.717) is 30.9 Å². The second-order valence-corrected chi connectivity index (χ2v) is 14.1. The Morgan fingerprint density at radius 3 is 2.30 bits per heavy atom. The molecule has 11 nitrogen and oxygen atoms in total. The molecule has 6 aliphatic rings. The van der Waals surface area contributed by atoms with Gasteiger partial charge >= 0.3 is 5.97 Å². The number of aliphatic hydroxyl groups is 3. The molecule has 0 amide bonds. The van der Waals surface area contributed by atoms with Crippen LogP contribution in [0.25, 0.3) is 0 Å². The van der Waals surface area contributed by atoms with Crippen molar-refractivity contribution < 1.29 is 48.5 Å². The molecule has 1 heterocycles. The molecule has 11 heteroatoms. The van der Waals surface area contributed by atoms with Crippen LogP contribution < -0.4 is 4.74 Å². The number of likely N-dealkylation sites (tertiary alicyclic amines) is 1. The van der Waals surface area contributed by atoms with Gasteiger partial charge in [-0.1, -0.05) is 6.92 Å². The van der Waals surface area contributed by atoms with E-state index < -0.39 is 52.7 Å². The molecule has 5 aliphatic carbocycles. The van der Waals surface area contributed by atoms with Gasteiger partial charge in [-0.15, -0.1) is 0 Å². The number of hydrogen-bond acceptors (Lipinski definition) is 11. The standard InChI is InChI=1S/C33H47NO10/c1-7-34-14-31(15-39-2)19(35)12-20(41-4)33-18-13-32(38)28(44-30(37)16-8-10-17(40-3)11-9-16)21(18)22(24(36)29(32)43-6)23(27(33)34)25(42-5)26(31)33/h8-11,18-29,35-36,38H,7,12-15H2,1-6H3/t18-,19+,20?,21-,22-,23?,24+,25?,26+,27?,28+,29-,31-,32-,33?/m0/s1. The second-order valence-electron chi connectivity index (χ2n) is 14.1. The summed E-state index contributed by atoms with van der Waals surface area (Å²) in [4.78, 5) is 16.1. The summed E-state index contributed by atoms with van der Waals surface area (Å²) in [6.45, 7) is 3.84. The molecule has 1 saturated heterocycles. The zero-order valence-corrected chi connectivity index (χ0v) is 26.4. The SMILES string of the molecule is CCN1C[C@]2(COC)[C@H](O)CC(OC)C34C1C(C(OC)[C@@H]32)[C@H]1[C@@H](O)[C@H](OC)[C@]2(O)C[C@H]4[C@@H]1[C@H]2OC(=O)c1ccc(OC)cc1. The van der Waals surface area contributed by atoms with E-state index in [1.165, 1.54) is 7.11 Å². The minimum Gasteiger partial charge on any atom is -0.497 e. The van der Waals surface area contributed by atoms with Crippen molar-refractivity contribution in [3.05, 3.63) is 29.8 Å². The van der Waals surface area contributed by atoms with Crippen LogP contribution in [0.15, 0.2) is 24.3 Å². The summed E-state index contributed by atoms with van der Waals surface area (Å²) in [5, 5.41) is 36.6. The molecule has 5 saturated carbocycles. The lowest BCUT2D eigenvalue weighted by atomic mass is 9.43. The monoisotopic (exact) mass is 617 g/mol. The minimum atomic E-state index is -1.63. The summed E-state index contributed by atoms with van der Waals surface area (Å²) in [7, 11) is 8.15. The lowest BCUT2D eigenvalue weighted by molar-refractivity contribution is -0.285. The van der Waals surface area contributed by atoms with Crippen LogP contribution >= 0.6 is 0 Å². The maximum absolute atomic E-state index is 13.7. The third kappa shape index (κ3) is 3.53. The average molecular weight is 618 g/mol. The Morgan fingerprint density at radius 1 is 0.977 bits per heavy atom. The van der Waals surface area contributed by atoms with E-state index >= 15 is 0 Å². The number of piperidine rings is 1. The zero-order chi connectivity index (χ0) is 31.3. The van der Waals surface area contributed by atoms with Crippen LogP contribution in [0.1, 0.15) is 30.1 Å². The fourth-order valence-corrected chi connectivity index (χ4v) is 12.1. The highest BCUT2D eigenvalue weighted by Crippen LogP contribution is 2.79. The Hall–Kier alpha value is -1.83. The number of carbonyl (C=O) groups excluding carboxylic acids is 1. The van der Waals surface area contributed by atoms with Crippen LogP contribution in [0, 0.1) is 40.4 Å². The number of carbonyl (C=O) groups is 1. The molecule has 5 unspecified atom stereocenters. The summed E-state index contributed by atoms with van der Waals surface area (Å²) in [6.07, 6.45) is -3.60. The van der Waals surface area contributed by atoms with Crippen LogP contribution in [-0.2, 0) is 23.7 Å². The van der Waals surface area contributed by atoms with E-state index in [4.69, 9.17) is 28.4 Å². The van der Waals surface area contributed by atoms with Crippen molar-refractivity contribution in [2.45, 2.75) is 68.0 Å². The molecule has 1 spiro atoms. The van der Waals surface area contributed by atoms with Gasteiger partial charge in [0.25, 0.3) is 0 Å². The second kappa shape index (κ2) is 10.6. The number of aliphatic hydroxyl groups excluding tert-OH is 2. The summed E-state index contributed by atoms with van der Waals surface area (Å²) < 4.78 is 36.2. The Kier molecular flexibility index (Phi) is 7.42. The first kappa shape index (κ1) is 30.8. The molecule has 15 atom stereocenters. The fourth-order valence-electron chi connectivity index (χ4n) is 12.1. The Balaban J connectivity index is 1.41. The van der Waals surface area contributed by atoms with Crippen molar-refractivity contribution in [3.63, 3.8) is 0 Å². The van der Waals surface area contributed by atoms with Crippen LogP contribution in [0.2, 0.25) is 0 Å². The van der Waals surface area contributed by atoms with Crippen molar-refractivity contribution in [2.24, 2.45) is 40.4 Å². The molecule has 244 valence electrons. The smallest absolute Gasteiger partial charge is 0.338 e. The number of nitrogens with zero attached hydrogens (tertiary/aromatic N) is 1. The minimum absolute atomic E-state index is 0.0401. The topological polar surface area (TPSA) is 136 Å². The number of methoxy groups -OCH3 is 5. The van der Waals surface area contributed by atoms with Crippen molar-refractivity contribution in [3.8, 4) is 5.75 Å². The molecular formula is C33H47NO10. The highest BCUT2D eigenvalue weighted by Gasteiger charge is 2.87. The van der Waals surface area contributed by atoms with E-state index in [9.17, 15) is 20.1 Å². The van der Waals surface area contributed by atoms with Crippen molar-refractivity contribution >= 4 is 5.97 Å². The van der Waals surface area contributed by atoms with E-state index in [-0.39, 0.29) is 48.3 Å². The van der Waals surface area contributed by atoms with Gasteiger partial charge in [0.05, 0.1) is 43.7 Å². The number of ether oxygens (including phenoxy) is 6. The lowest BCUT2D eigenvalue weighted by Gasteiger charge is -2.69. The number of rotatable bonds is 9. The zero-order valence-electron chi connectivity index (χ0n) is 26.4. The van der Waals surface area contributed by atoms with Gasteiger partial charge in [0.2, 0.25) is 0 Å². The molecule has 0 radical (unpaired) electrons. The first-order valence-corrected chi connectivity index (χ1v) is 15.9. The lowest BCUT2D eigenvalue weighted by Crippen LogP contribution is -2.77. The Morgan fingerprint density at radius 2 is 1.70 bits per heavy atom. The van der Waals surface area contributed by atoms with Gasteiger partial charge in [0.15, 0.2) is 0 Å². The third-order valence-corrected chi connectivity index (χ3v) is 13.1. The summed E-state index contributed by atoms with van der Waals surface area (Å²) >= 11 is 0. The van der Waals surface area contributed by atoms with Crippen LogP contribution in [0.5, 0.6) is 5.75 Å². The van der Waals surface area contributed by atoms with Crippen LogP contribution in [0.3, 0.4) is 0 Å². The number of benzene rings is 1. The molecule has 0 aromatic heterocycles. The van der Waals surface area contributed by atoms with Gasteiger partial charge in [-0.3, -0.25) is 4.90 Å². The molecule has 1 aromatic carbocycles. The maximum atomic E-state index is 13.7. The molecular weight excluding hydrogens is 570 g/mol. The summed E-state index contributed by atoms with van der Waals surface area (Å²) in [5.74, 6) is -1.27. The van der Waals surface area contributed by atoms with E-state index in [1.807, 2.05) is 0 Å². The van der Waals surface area contributed by atoms with Gasteiger partial charge < -0.3 is 43.7 Å². The largest absolute Gasteiger partial charge is 0.497 e. The van der Waals surface area contributed by atoms with Gasteiger partial charge in [0, 0.05) is 81.9 Å². The summed E-state index contributed by atoms with van der Waals surface area (Å²) in [5.41, 5.74) is -2.50. The molecule has 44 heavy (non-hydrogen) atoms. The Labute approximate surface area is 258 Å². The van der Waals surface area contributed by atoms with Crippen LogP contribution in [-0.4, -0.2) is 130 Å². The number of esters is 1.